The monoisotopic (exact) mass is 294 g/mol. The molecular formula is C16H26N2O3. The van der Waals surface area contributed by atoms with Gasteiger partial charge < -0.3 is 24.4 Å². The third-order valence-corrected chi connectivity index (χ3v) is 3.55. The lowest BCUT2D eigenvalue weighted by molar-refractivity contribution is 0.0544. The Hall–Kier alpha value is -1.30. The van der Waals surface area contributed by atoms with Crippen LogP contribution in [-0.4, -0.2) is 59.7 Å². The minimum absolute atomic E-state index is 0.566. The van der Waals surface area contributed by atoms with E-state index in [0.29, 0.717) is 26.4 Å². The maximum absolute atomic E-state index is 5.71. The number of hydrogen-bond acceptors (Lipinski definition) is 5. The summed E-state index contributed by atoms with van der Waals surface area (Å²) in [7, 11) is 1.67. The Morgan fingerprint density at radius 3 is 2.57 bits per heavy atom. The first-order valence-electron chi connectivity index (χ1n) is 7.57. The van der Waals surface area contributed by atoms with Crippen LogP contribution >= 0.6 is 0 Å². The predicted octanol–water partition coefficient (Wildman–Crippen LogP) is 1.45. The van der Waals surface area contributed by atoms with E-state index in [0.717, 1.165) is 31.9 Å². The number of nitrogens with one attached hydrogen (secondary N) is 1. The molecule has 0 amide bonds. The first-order valence-corrected chi connectivity index (χ1v) is 7.57. The van der Waals surface area contributed by atoms with Gasteiger partial charge in [0.2, 0.25) is 0 Å². The molecule has 21 heavy (non-hydrogen) atoms. The van der Waals surface area contributed by atoms with Gasteiger partial charge in [-0.3, -0.25) is 0 Å². The summed E-state index contributed by atoms with van der Waals surface area (Å²) >= 11 is 0. The van der Waals surface area contributed by atoms with Gasteiger partial charge in [-0.25, -0.2) is 0 Å². The number of aryl methyl sites for hydroxylation is 1. The minimum atomic E-state index is 0.566. The van der Waals surface area contributed by atoms with E-state index in [2.05, 4.69) is 29.3 Å². The topological polar surface area (TPSA) is 43.0 Å². The maximum atomic E-state index is 5.71. The van der Waals surface area contributed by atoms with Crippen molar-refractivity contribution in [2.75, 3.05) is 64.6 Å². The maximum Gasteiger partial charge on any atom is 0.119 e. The van der Waals surface area contributed by atoms with Crippen molar-refractivity contribution in [3.8, 4) is 5.75 Å². The Morgan fingerprint density at radius 1 is 1.10 bits per heavy atom. The zero-order valence-electron chi connectivity index (χ0n) is 13.1. The van der Waals surface area contributed by atoms with E-state index >= 15 is 0 Å². The van der Waals surface area contributed by atoms with Crippen LogP contribution in [0.3, 0.4) is 0 Å². The zero-order valence-corrected chi connectivity index (χ0v) is 13.1. The smallest absolute Gasteiger partial charge is 0.119 e. The van der Waals surface area contributed by atoms with Crippen LogP contribution in [0.2, 0.25) is 0 Å². The van der Waals surface area contributed by atoms with Crippen LogP contribution in [0.4, 0.5) is 5.69 Å². The third kappa shape index (κ3) is 5.19. The number of piperazine rings is 1. The number of nitrogens with zero attached hydrogens (tertiary/aromatic N) is 1. The molecule has 0 bridgehead atoms. The molecule has 1 aromatic rings. The van der Waals surface area contributed by atoms with E-state index in [1.807, 2.05) is 6.07 Å². The quantitative estimate of drug-likeness (QED) is 0.735. The van der Waals surface area contributed by atoms with Gasteiger partial charge in [0.25, 0.3) is 0 Å². The van der Waals surface area contributed by atoms with Crippen LogP contribution in [0.25, 0.3) is 0 Å². The Balaban J connectivity index is 1.78. The number of ether oxygens (including phenoxy) is 3. The standard InChI is InChI=1S/C16H26N2O3/c1-14-13-15(21-12-11-20-10-9-19-2)3-4-16(14)18-7-5-17-6-8-18/h3-4,13,17H,5-12H2,1-2H3. The van der Waals surface area contributed by atoms with Crippen LogP contribution < -0.4 is 15.0 Å². The molecule has 1 heterocycles. The molecule has 0 unspecified atom stereocenters. The second-order valence-corrected chi connectivity index (χ2v) is 5.14. The van der Waals surface area contributed by atoms with Crippen LogP contribution in [0.15, 0.2) is 18.2 Å². The Morgan fingerprint density at radius 2 is 1.86 bits per heavy atom. The molecule has 1 aromatic carbocycles. The summed E-state index contributed by atoms with van der Waals surface area (Å²) in [6, 6.07) is 6.30. The first-order chi connectivity index (χ1) is 10.3. The summed E-state index contributed by atoms with van der Waals surface area (Å²) < 4.78 is 16.0. The average Bonchev–Trinajstić information content (AvgIpc) is 2.52. The van der Waals surface area contributed by atoms with Crippen molar-refractivity contribution >= 4 is 5.69 Å². The van der Waals surface area contributed by atoms with Crippen molar-refractivity contribution in [3.63, 3.8) is 0 Å². The molecule has 0 radical (unpaired) electrons. The third-order valence-electron chi connectivity index (χ3n) is 3.55. The van der Waals surface area contributed by atoms with Gasteiger partial charge in [0.05, 0.1) is 19.8 Å². The molecule has 1 saturated heterocycles. The molecule has 5 heteroatoms. The van der Waals surface area contributed by atoms with E-state index in [1.165, 1.54) is 11.3 Å². The van der Waals surface area contributed by atoms with Crippen molar-refractivity contribution in [3.05, 3.63) is 23.8 Å². The summed E-state index contributed by atoms with van der Waals surface area (Å²) in [6.07, 6.45) is 0. The van der Waals surface area contributed by atoms with E-state index < -0.39 is 0 Å². The number of hydrogen-bond donors (Lipinski definition) is 1. The molecule has 1 aliphatic rings. The van der Waals surface area contributed by atoms with E-state index in [-0.39, 0.29) is 0 Å². The van der Waals surface area contributed by atoms with Crippen molar-refractivity contribution in [1.82, 2.24) is 5.32 Å². The second-order valence-electron chi connectivity index (χ2n) is 5.14. The number of rotatable bonds is 8. The lowest BCUT2D eigenvalue weighted by atomic mass is 10.1. The fourth-order valence-corrected chi connectivity index (χ4v) is 2.44. The van der Waals surface area contributed by atoms with Gasteiger partial charge in [-0.15, -0.1) is 0 Å². The molecule has 1 fully saturated rings. The normalized spacial score (nSPS) is 15.2. The van der Waals surface area contributed by atoms with Crippen molar-refractivity contribution in [1.29, 1.82) is 0 Å². The van der Waals surface area contributed by atoms with Crippen molar-refractivity contribution in [2.24, 2.45) is 0 Å². The summed E-state index contributed by atoms with van der Waals surface area (Å²) in [5.41, 5.74) is 2.56. The highest BCUT2D eigenvalue weighted by Gasteiger charge is 2.12. The van der Waals surface area contributed by atoms with Gasteiger partial charge in [-0.1, -0.05) is 0 Å². The Bertz CT molecular complexity index is 420. The van der Waals surface area contributed by atoms with Gasteiger partial charge in [0.15, 0.2) is 0 Å². The highest BCUT2D eigenvalue weighted by Crippen LogP contribution is 2.25. The molecular weight excluding hydrogens is 268 g/mol. The lowest BCUT2D eigenvalue weighted by Gasteiger charge is -2.30. The lowest BCUT2D eigenvalue weighted by Crippen LogP contribution is -2.43. The second kappa shape index (κ2) is 8.87. The molecule has 0 aliphatic carbocycles. The van der Waals surface area contributed by atoms with Crippen molar-refractivity contribution < 1.29 is 14.2 Å². The molecule has 0 atom stereocenters. The fraction of sp³-hybridized carbons (Fsp3) is 0.625. The number of benzene rings is 1. The molecule has 1 aliphatic heterocycles. The van der Waals surface area contributed by atoms with Gasteiger partial charge in [-0.2, -0.15) is 0 Å². The molecule has 0 spiro atoms. The van der Waals surface area contributed by atoms with E-state index in [1.54, 1.807) is 7.11 Å². The summed E-state index contributed by atoms with van der Waals surface area (Å²) in [5.74, 6) is 0.904. The van der Waals surface area contributed by atoms with Crippen LogP contribution in [0.5, 0.6) is 5.75 Å². The predicted molar refractivity (Wildman–Crippen MR) is 84.5 cm³/mol. The van der Waals surface area contributed by atoms with E-state index in [4.69, 9.17) is 14.2 Å². The molecule has 5 nitrogen and oxygen atoms in total. The molecule has 0 aromatic heterocycles. The van der Waals surface area contributed by atoms with Gasteiger partial charge in [0.1, 0.15) is 12.4 Å². The molecule has 2 rings (SSSR count). The van der Waals surface area contributed by atoms with Gasteiger partial charge in [-0.05, 0) is 30.7 Å². The summed E-state index contributed by atoms with van der Waals surface area (Å²) in [4.78, 5) is 2.42. The number of anilines is 1. The highest BCUT2D eigenvalue weighted by molar-refractivity contribution is 5.56. The molecule has 0 saturated carbocycles. The first kappa shape index (κ1) is 16.1. The van der Waals surface area contributed by atoms with Crippen molar-refractivity contribution in [2.45, 2.75) is 6.92 Å². The average molecular weight is 294 g/mol. The SMILES string of the molecule is COCCOCCOc1ccc(N2CCNCC2)c(C)c1. The van der Waals surface area contributed by atoms with Crippen LogP contribution in [-0.2, 0) is 9.47 Å². The minimum Gasteiger partial charge on any atom is -0.491 e. The fourth-order valence-electron chi connectivity index (χ4n) is 2.44. The van der Waals surface area contributed by atoms with Gasteiger partial charge >= 0.3 is 0 Å². The van der Waals surface area contributed by atoms with Crippen LogP contribution in [0, 0.1) is 6.92 Å². The number of methoxy groups -OCH3 is 1. The largest absolute Gasteiger partial charge is 0.491 e. The van der Waals surface area contributed by atoms with Crippen LogP contribution in [0.1, 0.15) is 5.56 Å². The molecule has 118 valence electrons. The summed E-state index contributed by atoms with van der Waals surface area (Å²) in [6.45, 7) is 8.76. The molecule has 1 N–H and O–H groups in total. The highest BCUT2D eigenvalue weighted by atomic mass is 16.5. The Kier molecular flexibility index (Phi) is 6.79. The van der Waals surface area contributed by atoms with E-state index in [9.17, 15) is 0 Å². The summed E-state index contributed by atoms with van der Waals surface area (Å²) in [5, 5.41) is 3.37. The van der Waals surface area contributed by atoms with Gasteiger partial charge in [0, 0.05) is 39.0 Å². The zero-order chi connectivity index (χ0) is 14.9. The Labute approximate surface area is 127 Å².